The van der Waals surface area contributed by atoms with Crippen molar-refractivity contribution >= 4 is 11.6 Å². The number of carbonyl (C=O) groups excluding carboxylic acids is 1. The minimum absolute atomic E-state index is 0.169. The van der Waals surface area contributed by atoms with Crippen LogP contribution in [0.5, 0.6) is 0 Å². The molecule has 1 saturated carbocycles. The van der Waals surface area contributed by atoms with Crippen LogP contribution in [-0.2, 0) is 11.3 Å². The number of benzene rings is 1. The fraction of sp³-hybridized carbons (Fsp3) is 0.562. The van der Waals surface area contributed by atoms with Gasteiger partial charge in [-0.2, -0.15) is 0 Å². The van der Waals surface area contributed by atoms with E-state index in [1.165, 1.54) is 32.1 Å². The van der Waals surface area contributed by atoms with Crippen molar-refractivity contribution in [2.45, 2.75) is 51.5 Å². The predicted octanol–water partition coefficient (Wildman–Crippen LogP) is 3.44. The van der Waals surface area contributed by atoms with Crippen LogP contribution in [0.1, 0.15) is 50.5 Å². The number of hydrogen-bond acceptors (Lipinski definition) is 2. The number of nitrogens with two attached hydrogens (primary N) is 1. The first-order valence-corrected chi connectivity index (χ1v) is 7.40. The van der Waals surface area contributed by atoms with Crippen LogP contribution >= 0.6 is 0 Å². The minimum Gasteiger partial charge on any atom is -0.326 e. The highest BCUT2D eigenvalue weighted by atomic mass is 16.1. The molecular weight excluding hydrogens is 236 g/mol. The molecule has 1 fully saturated rings. The Labute approximate surface area is 115 Å². The number of hydrogen-bond donors (Lipinski definition) is 2. The predicted molar refractivity (Wildman–Crippen MR) is 78.8 cm³/mol. The lowest BCUT2D eigenvalue weighted by molar-refractivity contribution is -0.120. The zero-order valence-electron chi connectivity index (χ0n) is 11.5. The van der Waals surface area contributed by atoms with E-state index in [-0.39, 0.29) is 11.8 Å². The summed E-state index contributed by atoms with van der Waals surface area (Å²) in [6.45, 7) is 0.459. The fourth-order valence-electron chi connectivity index (χ4n) is 2.77. The molecule has 1 aromatic carbocycles. The molecule has 1 aliphatic rings. The molecule has 1 aromatic rings. The van der Waals surface area contributed by atoms with E-state index in [0.29, 0.717) is 6.54 Å². The van der Waals surface area contributed by atoms with Crippen molar-refractivity contribution < 1.29 is 4.79 Å². The van der Waals surface area contributed by atoms with Crippen LogP contribution < -0.4 is 11.1 Å². The van der Waals surface area contributed by atoms with Crippen LogP contribution in [-0.4, -0.2) is 5.91 Å². The zero-order chi connectivity index (χ0) is 13.5. The summed E-state index contributed by atoms with van der Waals surface area (Å²) in [5.41, 5.74) is 7.57. The van der Waals surface area contributed by atoms with Crippen molar-refractivity contribution in [1.82, 2.24) is 0 Å². The highest BCUT2D eigenvalue weighted by molar-refractivity contribution is 5.93. The van der Waals surface area contributed by atoms with Crippen molar-refractivity contribution in [3.63, 3.8) is 0 Å². The van der Waals surface area contributed by atoms with E-state index in [9.17, 15) is 4.79 Å². The summed E-state index contributed by atoms with van der Waals surface area (Å²) in [5, 5.41) is 3.06. The maximum absolute atomic E-state index is 12.3. The monoisotopic (exact) mass is 260 g/mol. The normalized spacial score (nSPS) is 17.5. The van der Waals surface area contributed by atoms with Crippen LogP contribution in [0.25, 0.3) is 0 Å². The van der Waals surface area contributed by atoms with Crippen LogP contribution in [0.4, 0.5) is 5.69 Å². The van der Waals surface area contributed by atoms with E-state index in [1.807, 2.05) is 24.3 Å². The third-order valence-corrected chi connectivity index (χ3v) is 3.97. The van der Waals surface area contributed by atoms with E-state index in [1.54, 1.807) is 0 Å². The molecule has 3 heteroatoms. The highest BCUT2D eigenvalue weighted by Gasteiger charge is 2.19. The van der Waals surface area contributed by atoms with Gasteiger partial charge >= 0.3 is 0 Å². The SMILES string of the molecule is NCc1ccccc1NC(=O)C1CCCCCCC1. The first kappa shape index (κ1) is 14.1. The number of amides is 1. The lowest BCUT2D eigenvalue weighted by atomic mass is 9.90. The number of carbonyl (C=O) groups is 1. The summed E-state index contributed by atoms with van der Waals surface area (Å²) < 4.78 is 0. The Morgan fingerprint density at radius 1 is 1.11 bits per heavy atom. The van der Waals surface area contributed by atoms with Crippen molar-refractivity contribution in [2.75, 3.05) is 5.32 Å². The van der Waals surface area contributed by atoms with Crippen molar-refractivity contribution in [1.29, 1.82) is 0 Å². The second kappa shape index (κ2) is 7.29. The molecule has 3 nitrogen and oxygen atoms in total. The molecule has 0 bridgehead atoms. The summed E-state index contributed by atoms with van der Waals surface area (Å²) in [6.07, 6.45) is 8.26. The maximum Gasteiger partial charge on any atom is 0.227 e. The van der Waals surface area contributed by atoms with Crippen LogP contribution in [0.15, 0.2) is 24.3 Å². The Hall–Kier alpha value is -1.35. The summed E-state index contributed by atoms with van der Waals surface area (Å²) >= 11 is 0. The number of nitrogens with one attached hydrogen (secondary N) is 1. The van der Waals surface area contributed by atoms with Gasteiger partial charge in [0.2, 0.25) is 5.91 Å². The van der Waals surface area contributed by atoms with E-state index in [2.05, 4.69) is 5.32 Å². The minimum atomic E-state index is 0.169. The van der Waals surface area contributed by atoms with Gasteiger partial charge < -0.3 is 11.1 Å². The van der Waals surface area contributed by atoms with Gasteiger partial charge in [-0.1, -0.05) is 50.3 Å². The Morgan fingerprint density at radius 3 is 2.42 bits per heavy atom. The van der Waals surface area contributed by atoms with Gasteiger partial charge in [0.25, 0.3) is 0 Å². The van der Waals surface area contributed by atoms with Crippen molar-refractivity contribution in [3.05, 3.63) is 29.8 Å². The lowest BCUT2D eigenvalue weighted by Gasteiger charge is -2.20. The van der Waals surface area contributed by atoms with Crippen LogP contribution in [0.3, 0.4) is 0 Å². The molecule has 1 amide bonds. The standard InChI is InChI=1S/C16H24N2O/c17-12-14-10-6-7-11-15(14)18-16(19)13-8-4-2-1-3-5-9-13/h6-7,10-11,13H,1-5,8-9,12,17H2,(H,18,19). The topological polar surface area (TPSA) is 55.1 Å². The van der Waals surface area contributed by atoms with Crippen LogP contribution in [0.2, 0.25) is 0 Å². The van der Waals surface area contributed by atoms with E-state index < -0.39 is 0 Å². The van der Waals surface area contributed by atoms with Crippen molar-refractivity contribution in [3.8, 4) is 0 Å². The van der Waals surface area contributed by atoms with E-state index in [4.69, 9.17) is 5.73 Å². The summed E-state index contributed by atoms with van der Waals surface area (Å²) in [4.78, 5) is 12.3. The third kappa shape index (κ3) is 4.06. The largest absolute Gasteiger partial charge is 0.326 e. The summed E-state index contributed by atoms with van der Waals surface area (Å²) in [7, 11) is 0. The third-order valence-electron chi connectivity index (χ3n) is 3.97. The maximum atomic E-state index is 12.3. The molecule has 0 unspecified atom stereocenters. The molecule has 0 saturated heterocycles. The highest BCUT2D eigenvalue weighted by Crippen LogP contribution is 2.24. The smallest absolute Gasteiger partial charge is 0.227 e. The molecular formula is C16H24N2O. The Balaban J connectivity index is 1.98. The second-order valence-electron chi connectivity index (χ2n) is 5.39. The first-order valence-electron chi connectivity index (χ1n) is 7.40. The van der Waals surface area contributed by atoms with Crippen LogP contribution in [0, 0.1) is 5.92 Å². The number of para-hydroxylation sites is 1. The average Bonchev–Trinajstić information content (AvgIpc) is 2.38. The molecule has 1 aliphatic carbocycles. The number of rotatable bonds is 3. The van der Waals surface area contributed by atoms with E-state index in [0.717, 1.165) is 24.1 Å². The Morgan fingerprint density at radius 2 is 1.74 bits per heavy atom. The molecule has 0 spiro atoms. The van der Waals surface area contributed by atoms with E-state index >= 15 is 0 Å². The number of anilines is 1. The molecule has 2 rings (SSSR count). The Bertz CT molecular complexity index is 409. The summed E-state index contributed by atoms with van der Waals surface area (Å²) in [5.74, 6) is 0.342. The molecule has 0 heterocycles. The molecule has 19 heavy (non-hydrogen) atoms. The molecule has 0 aliphatic heterocycles. The van der Waals surface area contributed by atoms with Gasteiger partial charge in [-0.05, 0) is 24.5 Å². The lowest BCUT2D eigenvalue weighted by Crippen LogP contribution is -2.24. The molecule has 0 radical (unpaired) electrons. The van der Waals surface area contributed by atoms with Crippen molar-refractivity contribution in [2.24, 2.45) is 11.7 Å². The second-order valence-corrected chi connectivity index (χ2v) is 5.39. The fourth-order valence-corrected chi connectivity index (χ4v) is 2.77. The van der Waals surface area contributed by atoms with Gasteiger partial charge in [-0.25, -0.2) is 0 Å². The molecule has 104 valence electrons. The van der Waals surface area contributed by atoms with Gasteiger partial charge in [-0.3, -0.25) is 4.79 Å². The van der Waals surface area contributed by atoms with Gasteiger partial charge in [0.05, 0.1) is 0 Å². The van der Waals surface area contributed by atoms with Gasteiger partial charge in [0.15, 0.2) is 0 Å². The van der Waals surface area contributed by atoms with Gasteiger partial charge in [0, 0.05) is 18.2 Å². The zero-order valence-corrected chi connectivity index (χ0v) is 11.5. The average molecular weight is 260 g/mol. The van der Waals surface area contributed by atoms with Gasteiger partial charge in [-0.15, -0.1) is 0 Å². The quantitative estimate of drug-likeness (QED) is 0.874. The molecule has 3 N–H and O–H groups in total. The molecule has 0 aromatic heterocycles. The Kier molecular flexibility index (Phi) is 5.40. The molecule has 0 atom stereocenters. The van der Waals surface area contributed by atoms with Gasteiger partial charge in [0.1, 0.15) is 0 Å². The first-order chi connectivity index (χ1) is 9.31. The summed E-state index contributed by atoms with van der Waals surface area (Å²) in [6, 6.07) is 7.79.